The van der Waals surface area contributed by atoms with Crippen LogP contribution >= 0.6 is 0 Å². The third-order valence-corrected chi connectivity index (χ3v) is 3.61. The maximum absolute atomic E-state index is 12.5. The molecule has 2 amide bonds. The van der Waals surface area contributed by atoms with Gasteiger partial charge in [0, 0.05) is 0 Å². The number of aryl methyl sites for hydroxylation is 1. The number of hydrazone groups is 1. The summed E-state index contributed by atoms with van der Waals surface area (Å²) >= 11 is 0. The van der Waals surface area contributed by atoms with E-state index in [1.807, 2.05) is 19.1 Å². The lowest BCUT2D eigenvalue weighted by Gasteiger charge is -2.15. The smallest absolute Gasteiger partial charge is 0.355 e. The van der Waals surface area contributed by atoms with Gasteiger partial charge in [0.15, 0.2) is 5.71 Å². The maximum atomic E-state index is 12.5. The Kier molecular flexibility index (Phi) is 2.97. The van der Waals surface area contributed by atoms with Gasteiger partial charge in [0.05, 0.1) is 12.8 Å². The van der Waals surface area contributed by atoms with Crippen molar-refractivity contribution in [2.24, 2.45) is 11.0 Å². The third-order valence-electron chi connectivity index (χ3n) is 3.61. The molecule has 2 aliphatic heterocycles. The van der Waals surface area contributed by atoms with Crippen LogP contribution in [0.3, 0.4) is 0 Å². The Morgan fingerprint density at radius 2 is 1.90 bits per heavy atom. The number of carbonyl (C=O) groups is 3. The average Bonchev–Trinajstić information content (AvgIpc) is 3.01. The van der Waals surface area contributed by atoms with Crippen LogP contribution < -0.4 is 10.3 Å². The molecule has 0 radical (unpaired) electrons. The number of methoxy groups -OCH3 is 1. The van der Waals surface area contributed by atoms with E-state index in [4.69, 9.17) is 0 Å². The number of anilines is 1. The minimum absolute atomic E-state index is 0.0598. The molecule has 1 fully saturated rings. The van der Waals surface area contributed by atoms with Crippen LogP contribution in [0, 0.1) is 12.8 Å². The highest BCUT2D eigenvalue weighted by atomic mass is 16.5. The molecule has 2 aliphatic rings. The largest absolute Gasteiger partial charge is 0.464 e. The summed E-state index contributed by atoms with van der Waals surface area (Å²) < 4.78 is 4.59. The second-order valence-corrected chi connectivity index (χ2v) is 4.92. The highest BCUT2D eigenvalue weighted by molar-refractivity contribution is 6.46. The van der Waals surface area contributed by atoms with Gasteiger partial charge in [-0.15, -0.1) is 0 Å². The van der Waals surface area contributed by atoms with Crippen molar-refractivity contribution in [2.45, 2.75) is 13.0 Å². The molecular weight excluding hydrogens is 274 g/mol. The zero-order chi connectivity index (χ0) is 15.1. The normalized spacial score (nSPS) is 23.7. The number of ether oxygens (including phenoxy) is 1. The first-order chi connectivity index (χ1) is 10.0. The Hall–Kier alpha value is -2.70. The Morgan fingerprint density at radius 1 is 1.24 bits per heavy atom. The lowest BCUT2D eigenvalue weighted by molar-refractivity contribution is -0.133. The van der Waals surface area contributed by atoms with E-state index < -0.39 is 29.7 Å². The zero-order valence-electron chi connectivity index (χ0n) is 11.5. The number of carbonyl (C=O) groups excluding carboxylic acids is 3. The molecule has 3 rings (SSSR count). The topological polar surface area (TPSA) is 88.1 Å². The molecule has 0 aliphatic carbocycles. The molecule has 1 aromatic rings. The molecule has 21 heavy (non-hydrogen) atoms. The van der Waals surface area contributed by atoms with Crippen molar-refractivity contribution >= 4 is 29.2 Å². The number of hydrogen-bond donors (Lipinski definition) is 1. The molecule has 1 aromatic carbocycles. The van der Waals surface area contributed by atoms with Gasteiger partial charge < -0.3 is 4.74 Å². The summed E-state index contributed by atoms with van der Waals surface area (Å²) in [6, 6.07) is 6.18. The van der Waals surface area contributed by atoms with E-state index in [1.54, 1.807) is 12.1 Å². The summed E-state index contributed by atoms with van der Waals surface area (Å²) in [6.45, 7) is 1.91. The van der Waals surface area contributed by atoms with Gasteiger partial charge in [-0.1, -0.05) is 17.7 Å². The van der Waals surface area contributed by atoms with Crippen molar-refractivity contribution in [2.75, 3.05) is 12.0 Å². The van der Waals surface area contributed by atoms with E-state index in [1.165, 1.54) is 7.11 Å². The second-order valence-electron chi connectivity index (χ2n) is 4.92. The standard InChI is InChI=1S/C14H13N3O4/c1-7-3-5-8(6-4-7)17-12(18)9-10(13(17)19)15-16-11(9)14(20)21-2/h3-6,9-10,15H,1-2H3/t9-,10+/m0/s1. The Bertz CT molecular complexity index is 665. The molecule has 0 unspecified atom stereocenters. The first-order valence-electron chi connectivity index (χ1n) is 6.40. The zero-order valence-corrected chi connectivity index (χ0v) is 11.5. The molecular formula is C14H13N3O4. The fourth-order valence-electron chi connectivity index (χ4n) is 2.51. The number of nitrogens with zero attached hydrogens (tertiary/aromatic N) is 2. The number of esters is 1. The number of imide groups is 1. The highest BCUT2D eigenvalue weighted by Crippen LogP contribution is 2.30. The van der Waals surface area contributed by atoms with Crippen molar-refractivity contribution in [3.05, 3.63) is 29.8 Å². The Labute approximate surface area is 120 Å². The van der Waals surface area contributed by atoms with E-state index >= 15 is 0 Å². The van der Waals surface area contributed by atoms with Crippen LogP contribution in [0.4, 0.5) is 5.69 Å². The van der Waals surface area contributed by atoms with Crippen molar-refractivity contribution in [3.63, 3.8) is 0 Å². The molecule has 7 nitrogen and oxygen atoms in total. The molecule has 7 heteroatoms. The average molecular weight is 287 g/mol. The maximum Gasteiger partial charge on any atom is 0.355 e. The van der Waals surface area contributed by atoms with E-state index in [-0.39, 0.29) is 5.71 Å². The van der Waals surface area contributed by atoms with Crippen LogP contribution in [-0.4, -0.2) is 36.6 Å². The summed E-state index contributed by atoms with van der Waals surface area (Å²) in [4.78, 5) is 37.6. The van der Waals surface area contributed by atoms with Crippen molar-refractivity contribution in [1.29, 1.82) is 0 Å². The van der Waals surface area contributed by atoms with E-state index in [2.05, 4.69) is 15.3 Å². The summed E-state index contributed by atoms with van der Waals surface area (Å²) in [7, 11) is 1.21. The number of rotatable bonds is 2. The molecule has 2 heterocycles. The predicted octanol–water partition coefficient (Wildman–Crippen LogP) is -0.0148. The van der Waals surface area contributed by atoms with Gasteiger partial charge >= 0.3 is 5.97 Å². The number of nitrogens with one attached hydrogen (secondary N) is 1. The van der Waals surface area contributed by atoms with Crippen LogP contribution in [0.5, 0.6) is 0 Å². The highest BCUT2D eigenvalue weighted by Gasteiger charge is 2.55. The van der Waals surface area contributed by atoms with Gasteiger partial charge in [-0.05, 0) is 19.1 Å². The minimum Gasteiger partial charge on any atom is -0.464 e. The minimum atomic E-state index is -0.925. The monoisotopic (exact) mass is 287 g/mol. The van der Waals surface area contributed by atoms with E-state index in [9.17, 15) is 14.4 Å². The third kappa shape index (κ3) is 1.89. The van der Waals surface area contributed by atoms with Crippen LogP contribution in [0.15, 0.2) is 29.4 Å². The summed E-state index contributed by atoms with van der Waals surface area (Å²) in [6.07, 6.45) is 0. The molecule has 0 aromatic heterocycles. The van der Waals surface area contributed by atoms with Crippen molar-refractivity contribution in [3.8, 4) is 0 Å². The van der Waals surface area contributed by atoms with Crippen LogP contribution in [-0.2, 0) is 19.1 Å². The molecule has 0 saturated carbocycles. The molecule has 1 saturated heterocycles. The van der Waals surface area contributed by atoms with Crippen molar-refractivity contribution < 1.29 is 19.1 Å². The molecule has 1 N–H and O–H groups in total. The van der Waals surface area contributed by atoms with Gasteiger partial charge in [0.1, 0.15) is 12.0 Å². The Balaban J connectivity index is 1.95. The first kappa shape index (κ1) is 13.3. The second kappa shape index (κ2) is 4.69. The number of amides is 2. The number of benzene rings is 1. The van der Waals surface area contributed by atoms with Gasteiger partial charge in [-0.3, -0.25) is 15.0 Å². The van der Waals surface area contributed by atoms with E-state index in [0.29, 0.717) is 5.69 Å². The fraction of sp³-hybridized carbons (Fsp3) is 0.286. The summed E-state index contributed by atoms with van der Waals surface area (Å²) in [5.74, 6) is -2.52. The van der Waals surface area contributed by atoms with Crippen LogP contribution in [0.2, 0.25) is 0 Å². The quantitative estimate of drug-likeness (QED) is 0.610. The van der Waals surface area contributed by atoms with Crippen LogP contribution in [0.25, 0.3) is 0 Å². The van der Waals surface area contributed by atoms with Crippen molar-refractivity contribution in [1.82, 2.24) is 5.43 Å². The fourth-order valence-corrected chi connectivity index (χ4v) is 2.51. The van der Waals surface area contributed by atoms with Gasteiger partial charge in [0.2, 0.25) is 5.91 Å². The SMILES string of the molecule is COC(=O)C1=NN[C@H]2C(=O)N(c3ccc(C)cc3)C(=O)[C@H]12. The number of fused-ring (bicyclic) bond motifs is 1. The predicted molar refractivity (Wildman–Crippen MR) is 73.5 cm³/mol. The first-order valence-corrected chi connectivity index (χ1v) is 6.40. The summed E-state index contributed by atoms with van der Waals surface area (Å²) in [5.41, 5.74) is 3.99. The van der Waals surface area contributed by atoms with Gasteiger partial charge in [-0.2, -0.15) is 5.10 Å². The number of hydrogen-bond acceptors (Lipinski definition) is 6. The lowest BCUT2D eigenvalue weighted by atomic mass is 9.99. The Morgan fingerprint density at radius 3 is 2.52 bits per heavy atom. The van der Waals surface area contributed by atoms with Gasteiger partial charge in [-0.25, -0.2) is 9.69 Å². The molecule has 0 bridgehead atoms. The van der Waals surface area contributed by atoms with Crippen LogP contribution in [0.1, 0.15) is 5.56 Å². The molecule has 0 spiro atoms. The van der Waals surface area contributed by atoms with E-state index in [0.717, 1.165) is 10.5 Å². The summed E-state index contributed by atoms with van der Waals surface area (Å²) in [5, 5.41) is 3.76. The van der Waals surface area contributed by atoms with Gasteiger partial charge in [0.25, 0.3) is 5.91 Å². The molecule has 2 atom stereocenters. The molecule has 108 valence electrons. The lowest BCUT2D eigenvalue weighted by Crippen LogP contribution is -2.36.